The first-order valence-electron chi connectivity index (χ1n) is 7.60. The molecule has 1 fully saturated rings. The van der Waals surface area contributed by atoms with Crippen LogP contribution in [0.1, 0.15) is 47.5 Å². The molecule has 0 radical (unpaired) electrons. The highest BCUT2D eigenvalue weighted by Crippen LogP contribution is 2.16. The number of amides is 1. The molecule has 1 unspecified atom stereocenters. The van der Waals surface area contributed by atoms with Crippen molar-refractivity contribution >= 4 is 5.91 Å². The first-order chi connectivity index (χ1) is 8.84. The second kappa shape index (κ2) is 7.25. The Morgan fingerprint density at radius 2 is 1.79 bits per heavy atom. The summed E-state index contributed by atoms with van der Waals surface area (Å²) >= 11 is 0. The Labute approximate surface area is 118 Å². The largest absolute Gasteiger partial charge is 0.352 e. The molecule has 0 aliphatic carbocycles. The lowest BCUT2D eigenvalue weighted by molar-refractivity contribution is -0.132. The first kappa shape index (κ1) is 16.4. The summed E-state index contributed by atoms with van der Waals surface area (Å²) in [4.78, 5) is 14.7. The minimum absolute atomic E-state index is 0.158. The van der Waals surface area contributed by atoms with Gasteiger partial charge in [0.25, 0.3) is 0 Å². The zero-order chi connectivity index (χ0) is 14.5. The summed E-state index contributed by atoms with van der Waals surface area (Å²) in [6.07, 6.45) is 2.22. The fourth-order valence-corrected chi connectivity index (χ4v) is 2.42. The molecule has 1 atom stereocenters. The SMILES string of the molecule is CC(C)CCC(C)NC(=O)C(C)(C)N1CCNCC1. The van der Waals surface area contributed by atoms with Gasteiger partial charge in [-0.15, -0.1) is 0 Å². The molecule has 1 saturated heterocycles. The third kappa shape index (κ3) is 5.11. The molecule has 0 aromatic carbocycles. The van der Waals surface area contributed by atoms with Gasteiger partial charge in [-0.2, -0.15) is 0 Å². The lowest BCUT2D eigenvalue weighted by atomic mass is 9.98. The maximum Gasteiger partial charge on any atom is 0.240 e. The predicted molar refractivity (Wildman–Crippen MR) is 80.2 cm³/mol. The highest BCUT2D eigenvalue weighted by Gasteiger charge is 2.35. The normalized spacial score (nSPS) is 19.5. The topological polar surface area (TPSA) is 44.4 Å². The molecule has 1 heterocycles. The van der Waals surface area contributed by atoms with Gasteiger partial charge < -0.3 is 10.6 Å². The Morgan fingerprint density at radius 1 is 1.21 bits per heavy atom. The minimum Gasteiger partial charge on any atom is -0.352 e. The van der Waals surface area contributed by atoms with E-state index in [0.29, 0.717) is 5.92 Å². The highest BCUT2D eigenvalue weighted by molar-refractivity contribution is 5.85. The van der Waals surface area contributed by atoms with Gasteiger partial charge in [0.05, 0.1) is 5.54 Å². The molecular formula is C15H31N3O. The van der Waals surface area contributed by atoms with E-state index in [1.54, 1.807) is 0 Å². The molecule has 0 saturated carbocycles. The summed E-state index contributed by atoms with van der Waals surface area (Å²) in [6, 6.07) is 0.261. The van der Waals surface area contributed by atoms with Crippen molar-refractivity contribution in [3.8, 4) is 0 Å². The maximum atomic E-state index is 12.4. The van der Waals surface area contributed by atoms with Crippen molar-refractivity contribution in [3.63, 3.8) is 0 Å². The lowest BCUT2D eigenvalue weighted by Gasteiger charge is -2.40. The third-order valence-electron chi connectivity index (χ3n) is 4.02. The average molecular weight is 269 g/mol. The van der Waals surface area contributed by atoms with Crippen LogP contribution in [0.5, 0.6) is 0 Å². The number of carbonyl (C=O) groups excluding carboxylic acids is 1. The van der Waals surface area contributed by atoms with E-state index in [2.05, 4.69) is 36.3 Å². The van der Waals surface area contributed by atoms with Gasteiger partial charge in [-0.1, -0.05) is 13.8 Å². The van der Waals surface area contributed by atoms with Crippen LogP contribution in [0.2, 0.25) is 0 Å². The van der Waals surface area contributed by atoms with Gasteiger partial charge in [0.1, 0.15) is 0 Å². The van der Waals surface area contributed by atoms with Crippen LogP contribution in [0.3, 0.4) is 0 Å². The average Bonchev–Trinajstić information content (AvgIpc) is 2.37. The Bertz CT molecular complexity index is 283. The van der Waals surface area contributed by atoms with Gasteiger partial charge >= 0.3 is 0 Å². The molecule has 2 N–H and O–H groups in total. The van der Waals surface area contributed by atoms with E-state index in [1.807, 2.05) is 13.8 Å². The van der Waals surface area contributed by atoms with Gasteiger partial charge in [-0.3, -0.25) is 9.69 Å². The van der Waals surface area contributed by atoms with E-state index in [1.165, 1.54) is 0 Å². The summed E-state index contributed by atoms with van der Waals surface area (Å²) in [5.74, 6) is 0.853. The zero-order valence-corrected chi connectivity index (χ0v) is 13.3. The molecule has 0 aromatic rings. The molecule has 0 spiro atoms. The number of hydrogen-bond donors (Lipinski definition) is 2. The van der Waals surface area contributed by atoms with Crippen molar-refractivity contribution < 1.29 is 4.79 Å². The van der Waals surface area contributed by atoms with E-state index < -0.39 is 5.54 Å². The van der Waals surface area contributed by atoms with Gasteiger partial charge in [-0.05, 0) is 39.5 Å². The summed E-state index contributed by atoms with van der Waals surface area (Å²) in [6.45, 7) is 14.4. The van der Waals surface area contributed by atoms with Crippen LogP contribution < -0.4 is 10.6 Å². The Kier molecular flexibility index (Phi) is 6.27. The van der Waals surface area contributed by atoms with E-state index in [4.69, 9.17) is 0 Å². The van der Waals surface area contributed by atoms with Crippen molar-refractivity contribution in [2.24, 2.45) is 5.92 Å². The molecule has 19 heavy (non-hydrogen) atoms. The molecular weight excluding hydrogens is 238 g/mol. The van der Waals surface area contributed by atoms with Crippen molar-refractivity contribution in [2.75, 3.05) is 26.2 Å². The van der Waals surface area contributed by atoms with Crippen LogP contribution in [0.15, 0.2) is 0 Å². The van der Waals surface area contributed by atoms with Crippen molar-refractivity contribution in [3.05, 3.63) is 0 Å². The number of hydrogen-bond acceptors (Lipinski definition) is 3. The van der Waals surface area contributed by atoms with Gasteiger partial charge in [0, 0.05) is 32.2 Å². The van der Waals surface area contributed by atoms with Gasteiger partial charge in [0.15, 0.2) is 0 Å². The molecule has 1 aliphatic rings. The van der Waals surface area contributed by atoms with Crippen LogP contribution >= 0.6 is 0 Å². The van der Waals surface area contributed by atoms with Crippen molar-refractivity contribution in [2.45, 2.75) is 59.0 Å². The molecule has 4 heteroatoms. The van der Waals surface area contributed by atoms with Crippen LogP contribution in [0.4, 0.5) is 0 Å². The standard InChI is InChI=1S/C15H31N3O/c1-12(2)6-7-13(3)17-14(19)15(4,5)18-10-8-16-9-11-18/h12-13,16H,6-11H2,1-5H3,(H,17,19). The highest BCUT2D eigenvalue weighted by atomic mass is 16.2. The van der Waals surface area contributed by atoms with E-state index >= 15 is 0 Å². The van der Waals surface area contributed by atoms with Crippen LogP contribution in [0, 0.1) is 5.92 Å². The molecule has 1 rings (SSSR count). The first-order valence-corrected chi connectivity index (χ1v) is 7.60. The van der Waals surface area contributed by atoms with E-state index in [9.17, 15) is 4.79 Å². The molecule has 0 bridgehead atoms. The summed E-state index contributed by atoms with van der Waals surface area (Å²) < 4.78 is 0. The maximum absolute atomic E-state index is 12.4. The van der Waals surface area contributed by atoms with Crippen molar-refractivity contribution in [1.29, 1.82) is 0 Å². The fourth-order valence-electron chi connectivity index (χ4n) is 2.42. The second-order valence-corrected chi connectivity index (χ2v) is 6.64. The lowest BCUT2D eigenvalue weighted by Crippen LogP contribution is -2.60. The Hall–Kier alpha value is -0.610. The smallest absolute Gasteiger partial charge is 0.240 e. The quantitative estimate of drug-likeness (QED) is 0.770. The van der Waals surface area contributed by atoms with Crippen molar-refractivity contribution in [1.82, 2.24) is 15.5 Å². The minimum atomic E-state index is -0.409. The van der Waals surface area contributed by atoms with E-state index in [0.717, 1.165) is 39.0 Å². The number of carbonyl (C=O) groups is 1. The molecule has 4 nitrogen and oxygen atoms in total. The third-order valence-corrected chi connectivity index (χ3v) is 4.02. The number of rotatable bonds is 6. The van der Waals surface area contributed by atoms with Crippen LogP contribution in [-0.2, 0) is 4.79 Å². The van der Waals surface area contributed by atoms with Crippen LogP contribution in [0.25, 0.3) is 0 Å². The molecule has 0 aromatic heterocycles. The Balaban J connectivity index is 2.45. The predicted octanol–water partition coefficient (Wildman–Crippen LogP) is 1.61. The van der Waals surface area contributed by atoms with Gasteiger partial charge in [0.2, 0.25) is 5.91 Å². The van der Waals surface area contributed by atoms with E-state index in [-0.39, 0.29) is 11.9 Å². The number of nitrogens with one attached hydrogen (secondary N) is 2. The van der Waals surface area contributed by atoms with Crippen LogP contribution in [-0.4, -0.2) is 48.6 Å². The number of nitrogens with zero attached hydrogens (tertiary/aromatic N) is 1. The number of piperazine rings is 1. The fraction of sp³-hybridized carbons (Fsp3) is 0.933. The summed E-state index contributed by atoms with van der Waals surface area (Å²) in [5.41, 5.74) is -0.409. The second-order valence-electron chi connectivity index (χ2n) is 6.64. The van der Waals surface area contributed by atoms with Gasteiger partial charge in [-0.25, -0.2) is 0 Å². The monoisotopic (exact) mass is 269 g/mol. The summed E-state index contributed by atoms with van der Waals surface area (Å²) in [5, 5.41) is 6.50. The molecule has 1 amide bonds. The summed E-state index contributed by atoms with van der Waals surface area (Å²) in [7, 11) is 0. The molecule has 112 valence electrons. The molecule has 1 aliphatic heterocycles. The zero-order valence-electron chi connectivity index (χ0n) is 13.3. The Morgan fingerprint density at radius 3 is 2.32 bits per heavy atom.